The molecule has 1 saturated heterocycles. The summed E-state index contributed by atoms with van der Waals surface area (Å²) in [7, 11) is 5.00. The van der Waals surface area contributed by atoms with E-state index in [-0.39, 0.29) is 5.91 Å². The van der Waals surface area contributed by atoms with Crippen molar-refractivity contribution in [2.24, 2.45) is 0 Å². The Balaban J connectivity index is 1.60. The van der Waals surface area contributed by atoms with Gasteiger partial charge in [-0.15, -0.1) is 0 Å². The van der Waals surface area contributed by atoms with E-state index in [4.69, 9.17) is 14.2 Å². The van der Waals surface area contributed by atoms with Gasteiger partial charge in [0.25, 0.3) is 5.91 Å². The molecule has 0 spiro atoms. The molecular weight excluding hydrogens is 356 g/mol. The van der Waals surface area contributed by atoms with Crippen LogP contribution >= 0.6 is 0 Å². The average Bonchev–Trinajstić information content (AvgIpc) is 2.74. The first kappa shape index (κ1) is 20.2. The van der Waals surface area contributed by atoms with Crippen LogP contribution in [0.25, 0.3) is 0 Å². The lowest BCUT2D eigenvalue weighted by molar-refractivity contribution is 0.0627. The number of ether oxygens (including phenoxy) is 3. The van der Waals surface area contributed by atoms with Gasteiger partial charge in [0.2, 0.25) is 0 Å². The normalized spacial score (nSPS) is 14.8. The molecule has 0 bridgehead atoms. The molecule has 6 heteroatoms. The van der Waals surface area contributed by atoms with E-state index in [1.807, 2.05) is 47.4 Å². The van der Waals surface area contributed by atoms with Crippen molar-refractivity contribution in [1.82, 2.24) is 9.80 Å². The van der Waals surface area contributed by atoms with Gasteiger partial charge in [0.05, 0.1) is 20.8 Å². The molecule has 3 rings (SSSR count). The molecule has 1 aliphatic rings. The van der Waals surface area contributed by atoms with Gasteiger partial charge < -0.3 is 19.1 Å². The molecule has 0 N–H and O–H groups in total. The van der Waals surface area contributed by atoms with Crippen molar-refractivity contribution in [2.45, 2.75) is 13.2 Å². The zero-order valence-electron chi connectivity index (χ0n) is 16.8. The summed E-state index contributed by atoms with van der Waals surface area (Å²) in [6.45, 7) is 4.34. The van der Waals surface area contributed by atoms with Gasteiger partial charge in [0, 0.05) is 51.0 Å². The number of carbonyl (C=O) groups excluding carboxylic acids is 1. The van der Waals surface area contributed by atoms with Crippen molar-refractivity contribution >= 4 is 5.91 Å². The van der Waals surface area contributed by atoms with E-state index >= 15 is 0 Å². The molecule has 1 fully saturated rings. The maximum atomic E-state index is 12.8. The van der Waals surface area contributed by atoms with Crippen LogP contribution in [0.1, 0.15) is 21.5 Å². The SMILES string of the molecule is COCc1cccc(C(=O)N2CCN(Cc3cc(OC)ccc3OC)CC2)c1. The maximum Gasteiger partial charge on any atom is 0.253 e. The molecule has 0 radical (unpaired) electrons. The Bertz CT molecular complexity index is 801. The number of amides is 1. The molecule has 0 saturated carbocycles. The Hall–Kier alpha value is -2.57. The molecular formula is C22H28N2O4. The summed E-state index contributed by atoms with van der Waals surface area (Å²) in [5.74, 6) is 1.76. The second-order valence-electron chi connectivity index (χ2n) is 6.88. The number of rotatable bonds is 7. The standard InChI is InChI=1S/C22H28N2O4/c1-26-16-17-5-4-6-18(13-17)22(25)24-11-9-23(10-12-24)15-19-14-20(27-2)7-8-21(19)28-3/h4-8,13-14H,9-12,15-16H2,1-3H3. The van der Waals surface area contributed by atoms with Crippen LogP contribution in [0.3, 0.4) is 0 Å². The third-order valence-electron chi connectivity index (χ3n) is 5.03. The predicted octanol–water partition coefficient (Wildman–Crippen LogP) is 2.81. The number of hydrogen-bond acceptors (Lipinski definition) is 5. The minimum atomic E-state index is 0.0802. The number of carbonyl (C=O) groups is 1. The lowest BCUT2D eigenvalue weighted by Crippen LogP contribution is -2.48. The van der Waals surface area contributed by atoms with Crippen LogP contribution in [0.4, 0.5) is 0 Å². The largest absolute Gasteiger partial charge is 0.497 e. The van der Waals surface area contributed by atoms with Gasteiger partial charge in [-0.05, 0) is 35.9 Å². The minimum Gasteiger partial charge on any atom is -0.497 e. The highest BCUT2D eigenvalue weighted by Gasteiger charge is 2.23. The van der Waals surface area contributed by atoms with E-state index in [0.29, 0.717) is 19.7 Å². The van der Waals surface area contributed by atoms with E-state index in [1.165, 1.54) is 0 Å². The quantitative estimate of drug-likeness (QED) is 0.735. The minimum absolute atomic E-state index is 0.0802. The summed E-state index contributed by atoms with van der Waals surface area (Å²) < 4.78 is 16.0. The number of piperazine rings is 1. The van der Waals surface area contributed by atoms with E-state index < -0.39 is 0 Å². The first-order chi connectivity index (χ1) is 13.6. The predicted molar refractivity (Wildman–Crippen MR) is 108 cm³/mol. The van der Waals surface area contributed by atoms with Crippen molar-refractivity contribution in [3.05, 3.63) is 59.2 Å². The van der Waals surface area contributed by atoms with E-state index in [2.05, 4.69) is 4.90 Å². The van der Waals surface area contributed by atoms with Gasteiger partial charge in [0.15, 0.2) is 0 Å². The molecule has 1 amide bonds. The second-order valence-corrected chi connectivity index (χ2v) is 6.88. The highest BCUT2D eigenvalue weighted by molar-refractivity contribution is 5.94. The fourth-order valence-electron chi connectivity index (χ4n) is 3.50. The van der Waals surface area contributed by atoms with Crippen molar-refractivity contribution in [3.8, 4) is 11.5 Å². The average molecular weight is 384 g/mol. The third-order valence-corrected chi connectivity index (χ3v) is 5.03. The van der Waals surface area contributed by atoms with Gasteiger partial charge in [0.1, 0.15) is 11.5 Å². The first-order valence-electron chi connectivity index (χ1n) is 9.45. The molecule has 0 aromatic heterocycles. The maximum absolute atomic E-state index is 12.8. The molecule has 28 heavy (non-hydrogen) atoms. The summed E-state index contributed by atoms with van der Waals surface area (Å²) >= 11 is 0. The number of hydrogen-bond donors (Lipinski definition) is 0. The van der Waals surface area contributed by atoms with E-state index in [1.54, 1.807) is 21.3 Å². The van der Waals surface area contributed by atoms with Crippen molar-refractivity contribution < 1.29 is 19.0 Å². The smallest absolute Gasteiger partial charge is 0.253 e. The monoisotopic (exact) mass is 384 g/mol. The van der Waals surface area contributed by atoms with Crippen LogP contribution in [0, 0.1) is 0 Å². The van der Waals surface area contributed by atoms with Crippen LogP contribution in [0.2, 0.25) is 0 Å². The summed E-state index contributed by atoms with van der Waals surface area (Å²) in [5.41, 5.74) is 2.82. The molecule has 150 valence electrons. The van der Waals surface area contributed by atoms with Gasteiger partial charge in [-0.2, -0.15) is 0 Å². The Kier molecular flexibility index (Phi) is 6.90. The topological polar surface area (TPSA) is 51.2 Å². The molecule has 6 nitrogen and oxygen atoms in total. The second kappa shape index (κ2) is 9.57. The molecule has 0 aliphatic carbocycles. The van der Waals surface area contributed by atoms with Gasteiger partial charge in [-0.25, -0.2) is 0 Å². The fourth-order valence-corrected chi connectivity index (χ4v) is 3.50. The molecule has 0 unspecified atom stereocenters. The van der Waals surface area contributed by atoms with Crippen LogP contribution in [-0.2, 0) is 17.9 Å². The summed E-state index contributed by atoms with van der Waals surface area (Å²) in [6.07, 6.45) is 0. The highest BCUT2D eigenvalue weighted by atomic mass is 16.5. The lowest BCUT2D eigenvalue weighted by Gasteiger charge is -2.35. The molecule has 2 aromatic rings. The molecule has 2 aromatic carbocycles. The van der Waals surface area contributed by atoms with Gasteiger partial charge in [-0.1, -0.05) is 12.1 Å². The zero-order valence-corrected chi connectivity index (χ0v) is 16.8. The summed E-state index contributed by atoms with van der Waals surface area (Å²) in [5, 5.41) is 0. The molecule has 1 aliphatic heterocycles. The Morgan fingerprint density at radius 1 is 0.964 bits per heavy atom. The van der Waals surface area contributed by atoms with E-state index in [9.17, 15) is 4.79 Å². The third kappa shape index (κ3) is 4.82. The highest BCUT2D eigenvalue weighted by Crippen LogP contribution is 2.25. The molecule has 1 heterocycles. The number of benzene rings is 2. The number of nitrogens with zero attached hydrogens (tertiary/aromatic N) is 2. The van der Waals surface area contributed by atoms with Crippen LogP contribution in [-0.4, -0.2) is 63.2 Å². The number of methoxy groups -OCH3 is 3. The van der Waals surface area contributed by atoms with Crippen LogP contribution in [0.5, 0.6) is 11.5 Å². The van der Waals surface area contributed by atoms with Gasteiger partial charge in [-0.3, -0.25) is 9.69 Å². The van der Waals surface area contributed by atoms with E-state index in [0.717, 1.165) is 47.8 Å². The Labute approximate surface area is 166 Å². The fraction of sp³-hybridized carbons (Fsp3) is 0.409. The Morgan fingerprint density at radius 2 is 1.75 bits per heavy atom. The molecule has 0 atom stereocenters. The van der Waals surface area contributed by atoms with Crippen molar-refractivity contribution in [3.63, 3.8) is 0 Å². The van der Waals surface area contributed by atoms with Crippen molar-refractivity contribution in [1.29, 1.82) is 0 Å². The lowest BCUT2D eigenvalue weighted by atomic mass is 10.1. The van der Waals surface area contributed by atoms with Gasteiger partial charge >= 0.3 is 0 Å². The summed E-state index contributed by atoms with van der Waals surface area (Å²) in [6, 6.07) is 13.5. The van der Waals surface area contributed by atoms with Crippen LogP contribution in [0.15, 0.2) is 42.5 Å². The Morgan fingerprint density at radius 3 is 2.43 bits per heavy atom. The van der Waals surface area contributed by atoms with Crippen molar-refractivity contribution in [2.75, 3.05) is 47.5 Å². The van der Waals surface area contributed by atoms with Crippen LogP contribution < -0.4 is 9.47 Å². The zero-order chi connectivity index (χ0) is 19.9. The first-order valence-corrected chi connectivity index (χ1v) is 9.45. The summed E-state index contributed by atoms with van der Waals surface area (Å²) in [4.78, 5) is 17.1.